The number of urea groups is 1. The molecule has 4 amide bonds. The van der Waals surface area contributed by atoms with Gasteiger partial charge in [-0.3, -0.25) is 14.5 Å². The summed E-state index contributed by atoms with van der Waals surface area (Å²) in [5.74, 6) is 0.344. The average Bonchev–Trinajstić information content (AvgIpc) is 2.91. The molecule has 7 heteroatoms. The van der Waals surface area contributed by atoms with Gasteiger partial charge in [-0.2, -0.15) is 0 Å². The van der Waals surface area contributed by atoms with Gasteiger partial charge in [0, 0.05) is 13.6 Å². The fourth-order valence-corrected chi connectivity index (χ4v) is 4.11. The van der Waals surface area contributed by atoms with E-state index in [1.807, 2.05) is 38.1 Å². The summed E-state index contributed by atoms with van der Waals surface area (Å²) in [6, 6.07) is 7.08. The number of hydrogen-bond acceptors (Lipinski definition) is 4. The van der Waals surface area contributed by atoms with E-state index in [0.717, 1.165) is 35.5 Å². The van der Waals surface area contributed by atoms with E-state index >= 15 is 0 Å². The number of carbonyl (C=O) groups excluding carboxylic acids is 3. The van der Waals surface area contributed by atoms with Gasteiger partial charge >= 0.3 is 6.03 Å². The second-order valence-corrected chi connectivity index (χ2v) is 7.77. The molecule has 1 saturated carbocycles. The van der Waals surface area contributed by atoms with Gasteiger partial charge in [-0.05, 0) is 43.4 Å². The molecule has 0 aromatic heterocycles. The van der Waals surface area contributed by atoms with Crippen molar-refractivity contribution >= 4 is 17.8 Å². The molecule has 1 aromatic rings. The predicted octanol–water partition coefficient (Wildman–Crippen LogP) is 2.54. The van der Waals surface area contributed by atoms with Crippen LogP contribution in [0.25, 0.3) is 0 Å². The topological polar surface area (TPSA) is 79.0 Å². The third kappa shape index (κ3) is 3.84. The van der Waals surface area contributed by atoms with Crippen molar-refractivity contribution in [2.24, 2.45) is 5.92 Å². The van der Waals surface area contributed by atoms with Crippen LogP contribution in [0.15, 0.2) is 24.3 Å². The smallest absolute Gasteiger partial charge is 0.325 e. The fourth-order valence-electron chi connectivity index (χ4n) is 4.11. The lowest BCUT2D eigenvalue weighted by atomic mass is 9.73. The molecule has 1 aliphatic heterocycles. The highest BCUT2D eigenvalue weighted by Gasteiger charge is 2.55. The van der Waals surface area contributed by atoms with Gasteiger partial charge in [0.15, 0.2) is 0 Å². The second-order valence-electron chi connectivity index (χ2n) is 7.77. The average molecular weight is 387 g/mol. The van der Waals surface area contributed by atoms with E-state index in [9.17, 15) is 14.4 Å². The SMILES string of the molecule is CCOc1ccc(CN(C)C(=O)CN2C(=O)N[C@]3(CCCC[C@H]3C)C2=O)cc1. The first-order valence-electron chi connectivity index (χ1n) is 9.97. The molecule has 0 bridgehead atoms. The molecule has 7 nitrogen and oxygen atoms in total. The number of carbonyl (C=O) groups is 3. The summed E-state index contributed by atoms with van der Waals surface area (Å²) in [7, 11) is 1.68. The summed E-state index contributed by atoms with van der Waals surface area (Å²) in [4.78, 5) is 40.7. The first-order valence-corrected chi connectivity index (χ1v) is 9.97. The summed E-state index contributed by atoms with van der Waals surface area (Å²) in [5.41, 5.74) is 0.123. The van der Waals surface area contributed by atoms with Crippen LogP contribution in [0, 0.1) is 5.92 Å². The summed E-state index contributed by atoms with van der Waals surface area (Å²) >= 11 is 0. The Balaban J connectivity index is 1.62. The number of rotatable bonds is 6. The van der Waals surface area contributed by atoms with Crippen LogP contribution in [0.3, 0.4) is 0 Å². The highest BCUT2D eigenvalue weighted by molar-refractivity contribution is 6.09. The number of nitrogens with zero attached hydrogens (tertiary/aromatic N) is 2. The summed E-state index contributed by atoms with van der Waals surface area (Å²) in [6.07, 6.45) is 3.53. The molecule has 152 valence electrons. The van der Waals surface area contributed by atoms with Crippen LogP contribution < -0.4 is 10.1 Å². The zero-order valence-corrected chi connectivity index (χ0v) is 16.9. The normalized spacial score (nSPS) is 24.4. The zero-order chi connectivity index (χ0) is 20.3. The number of ether oxygens (including phenoxy) is 1. The van der Waals surface area contributed by atoms with Gasteiger partial charge in [0.05, 0.1) is 6.61 Å². The van der Waals surface area contributed by atoms with Crippen LogP contribution in [0.2, 0.25) is 0 Å². The zero-order valence-electron chi connectivity index (χ0n) is 16.9. The van der Waals surface area contributed by atoms with Crippen molar-refractivity contribution in [3.63, 3.8) is 0 Å². The fraction of sp³-hybridized carbons (Fsp3) is 0.571. The lowest BCUT2D eigenvalue weighted by Crippen LogP contribution is -2.54. The molecule has 1 heterocycles. The molecule has 28 heavy (non-hydrogen) atoms. The van der Waals surface area contributed by atoms with Gasteiger partial charge < -0.3 is 15.0 Å². The minimum atomic E-state index is -0.830. The van der Waals surface area contributed by atoms with Gasteiger partial charge in [-0.15, -0.1) is 0 Å². The van der Waals surface area contributed by atoms with Crippen molar-refractivity contribution in [3.05, 3.63) is 29.8 Å². The van der Waals surface area contributed by atoms with E-state index < -0.39 is 11.6 Å². The van der Waals surface area contributed by atoms with Gasteiger partial charge in [0.25, 0.3) is 5.91 Å². The molecule has 0 unspecified atom stereocenters. The first-order chi connectivity index (χ1) is 13.4. The Hall–Kier alpha value is -2.57. The maximum absolute atomic E-state index is 13.0. The Bertz CT molecular complexity index is 749. The van der Waals surface area contributed by atoms with Crippen molar-refractivity contribution in [3.8, 4) is 5.75 Å². The van der Waals surface area contributed by atoms with Gasteiger partial charge in [-0.1, -0.05) is 31.9 Å². The Kier molecular flexibility index (Phi) is 5.91. The molecular formula is C21H29N3O4. The highest BCUT2D eigenvalue weighted by Crippen LogP contribution is 2.38. The molecule has 0 radical (unpaired) electrons. The van der Waals surface area contributed by atoms with Crippen LogP contribution in [0.5, 0.6) is 5.75 Å². The Labute approximate surface area is 166 Å². The van der Waals surface area contributed by atoms with Gasteiger partial charge in [0.2, 0.25) is 5.91 Å². The van der Waals surface area contributed by atoms with E-state index in [-0.39, 0.29) is 24.3 Å². The lowest BCUT2D eigenvalue weighted by Gasteiger charge is -2.36. The maximum Gasteiger partial charge on any atom is 0.325 e. The number of nitrogens with one attached hydrogen (secondary N) is 1. The van der Waals surface area contributed by atoms with E-state index in [4.69, 9.17) is 4.74 Å². The minimum Gasteiger partial charge on any atom is -0.494 e. The Morgan fingerprint density at radius 2 is 2.00 bits per heavy atom. The quantitative estimate of drug-likeness (QED) is 0.761. The number of benzene rings is 1. The Morgan fingerprint density at radius 3 is 2.64 bits per heavy atom. The summed E-state index contributed by atoms with van der Waals surface area (Å²) < 4.78 is 5.42. The van der Waals surface area contributed by atoms with Crippen molar-refractivity contribution in [2.75, 3.05) is 20.2 Å². The number of amides is 4. The van der Waals surface area contributed by atoms with Crippen LogP contribution in [0.4, 0.5) is 4.79 Å². The van der Waals surface area contributed by atoms with Crippen molar-refractivity contribution < 1.29 is 19.1 Å². The highest BCUT2D eigenvalue weighted by atomic mass is 16.5. The van der Waals surface area contributed by atoms with Crippen LogP contribution in [-0.2, 0) is 16.1 Å². The molecule has 2 fully saturated rings. The van der Waals surface area contributed by atoms with Crippen LogP contribution in [-0.4, -0.2) is 53.4 Å². The molecule has 1 saturated heterocycles. The third-order valence-corrected chi connectivity index (χ3v) is 5.87. The third-order valence-electron chi connectivity index (χ3n) is 5.87. The lowest BCUT2D eigenvalue weighted by molar-refractivity contribution is -0.140. The molecule has 1 aromatic carbocycles. The minimum absolute atomic E-state index is 0.0828. The van der Waals surface area contributed by atoms with E-state index in [2.05, 4.69) is 5.32 Å². The second kappa shape index (κ2) is 8.20. The first kappa shape index (κ1) is 20.2. The molecule has 1 aliphatic carbocycles. The summed E-state index contributed by atoms with van der Waals surface area (Å²) in [6.45, 7) is 4.70. The van der Waals surface area contributed by atoms with Gasteiger partial charge in [-0.25, -0.2) is 4.79 Å². The standard InChI is InChI=1S/C21H29N3O4/c1-4-28-17-10-8-16(9-11-17)13-23(3)18(25)14-24-19(26)21(22-20(24)27)12-6-5-7-15(21)2/h8-11,15H,4-7,12-14H2,1-3H3,(H,22,27)/t15-,21+/m1/s1. The molecule has 3 rings (SSSR count). The van der Waals surface area contributed by atoms with Gasteiger partial charge in [0.1, 0.15) is 17.8 Å². The number of imide groups is 1. The van der Waals surface area contributed by atoms with Crippen LogP contribution in [0.1, 0.15) is 45.1 Å². The summed E-state index contributed by atoms with van der Waals surface area (Å²) in [5, 5.41) is 2.88. The monoisotopic (exact) mass is 387 g/mol. The molecule has 1 spiro atoms. The Morgan fingerprint density at radius 1 is 1.29 bits per heavy atom. The molecular weight excluding hydrogens is 358 g/mol. The molecule has 2 aliphatic rings. The van der Waals surface area contributed by atoms with E-state index in [1.54, 1.807) is 7.05 Å². The van der Waals surface area contributed by atoms with E-state index in [0.29, 0.717) is 19.6 Å². The maximum atomic E-state index is 13.0. The van der Waals surface area contributed by atoms with Crippen molar-refractivity contribution in [1.82, 2.24) is 15.1 Å². The molecule has 1 N–H and O–H groups in total. The number of likely N-dealkylation sites (N-methyl/N-ethyl adjacent to an activating group) is 1. The molecule has 2 atom stereocenters. The van der Waals surface area contributed by atoms with E-state index in [1.165, 1.54) is 4.90 Å². The number of hydrogen-bond donors (Lipinski definition) is 1. The van der Waals surface area contributed by atoms with Crippen LogP contribution >= 0.6 is 0 Å². The van der Waals surface area contributed by atoms with Crippen molar-refractivity contribution in [1.29, 1.82) is 0 Å². The van der Waals surface area contributed by atoms with Crippen molar-refractivity contribution in [2.45, 2.75) is 51.6 Å². The largest absolute Gasteiger partial charge is 0.494 e. The predicted molar refractivity (Wildman–Crippen MR) is 105 cm³/mol.